The molecule has 0 aliphatic heterocycles. The number of aromatic nitrogens is 1. The van der Waals surface area contributed by atoms with Crippen molar-refractivity contribution in [3.05, 3.63) is 28.7 Å². The van der Waals surface area contributed by atoms with Gasteiger partial charge in [0.1, 0.15) is 6.54 Å². The smallest absolute Gasteiger partial charge is 0.251 e. The van der Waals surface area contributed by atoms with Crippen LogP contribution in [-0.4, -0.2) is 53.4 Å². The Morgan fingerprint density at radius 2 is 1.90 bits per heavy atom. The fraction of sp³-hybridized carbons (Fsp3) is 0.500. The van der Waals surface area contributed by atoms with Crippen LogP contribution >= 0.6 is 0 Å². The van der Waals surface area contributed by atoms with Gasteiger partial charge in [-0.25, -0.2) is 0 Å². The minimum atomic E-state index is -0.298. The number of nitrogen functional groups attached to an aromatic ring is 1. The third kappa shape index (κ3) is 4.94. The summed E-state index contributed by atoms with van der Waals surface area (Å²) in [5.74, 6) is -0.434. The molecule has 7 heteroatoms. The van der Waals surface area contributed by atoms with Crippen molar-refractivity contribution in [2.24, 2.45) is 0 Å². The lowest BCUT2D eigenvalue weighted by atomic mass is 10.3. The van der Waals surface area contributed by atoms with E-state index in [0.29, 0.717) is 12.2 Å². The van der Waals surface area contributed by atoms with Gasteiger partial charge in [0.25, 0.3) is 5.56 Å². The molecule has 7 nitrogen and oxygen atoms in total. The minimum Gasteiger partial charge on any atom is -0.398 e. The third-order valence-corrected chi connectivity index (χ3v) is 2.98. The van der Waals surface area contributed by atoms with Gasteiger partial charge in [0.2, 0.25) is 11.8 Å². The zero-order valence-corrected chi connectivity index (χ0v) is 12.7. The van der Waals surface area contributed by atoms with E-state index in [9.17, 15) is 14.4 Å². The standard InChI is InChI=1S/C14H22N4O3/c1-4-7-17(9-13(20)16(2)3)14(21)10-18-8-11(15)5-6-12(18)19/h5-6,8H,4,7,9-10,15H2,1-3H3. The van der Waals surface area contributed by atoms with Crippen LogP contribution < -0.4 is 11.3 Å². The van der Waals surface area contributed by atoms with Crippen molar-refractivity contribution >= 4 is 17.5 Å². The number of anilines is 1. The predicted molar refractivity (Wildman–Crippen MR) is 80.7 cm³/mol. The number of pyridine rings is 1. The van der Waals surface area contributed by atoms with E-state index in [-0.39, 0.29) is 30.5 Å². The first-order valence-electron chi connectivity index (χ1n) is 6.79. The number of nitrogens with zero attached hydrogens (tertiary/aromatic N) is 3. The van der Waals surface area contributed by atoms with E-state index in [1.54, 1.807) is 14.1 Å². The largest absolute Gasteiger partial charge is 0.398 e. The molecule has 2 N–H and O–H groups in total. The summed E-state index contributed by atoms with van der Waals surface area (Å²) < 4.78 is 1.25. The lowest BCUT2D eigenvalue weighted by Crippen LogP contribution is -2.43. The summed E-state index contributed by atoms with van der Waals surface area (Å²) in [5.41, 5.74) is 5.73. The SMILES string of the molecule is CCCN(CC(=O)N(C)C)C(=O)Cn1cc(N)ccc1=O. The molecule has 0 aromatic carbocycles. The second-order valence-corrected chi connectivity index (χ2v) is 5.03. The summed E-state index contributed by atoms with van der Waals surface area (Å²) >= 11 is 0. The van der Waals surface area contributed by atoms with Gasteiger partial charge in [0.15, 0.2) is 0 Å². The molecule has 0 saturated carbocycles. The molecule has 1 heterocycles. The Hall–Kier alpha value is -2.31. The van der Waals surface area contributed by atoms with Crippen molar-refractivity contribution in [1.82, 2.24) is 14.4 Å². The zero-order valence-electron chi connectivity index (χ0n) is 12.7. The molecule has 0 bridgehead atoms. The Balaban J connectivity index is 2.84. The monoisotopic (exact) mass is 294 g/mol. The summed E-state index contributed by atoms with van der Waals surface area (Å²) in [7, 11) is 3.28. The van der Waals surface area contributed by atoms with Crippen LogP contribution in [0.25, 0.3) is 0 Å². The van der Waals surface area contributed by atoms with Crippen LogP contribution in [0.3, 0.4) is 0 Å². The van der Waals surface area contributed by atoms with Crippen molar-refractivity contribution in [2.45, 2.75) is 19.9 Å². The van der Waals surface area contributed by atoms with Gasteiger partial charge in [0, 0.05) is 38.6 Å². The lowest BCUT2D eigenvalue weighted by Gasteiger charge is -2.23. The van der Waals surface area contributed by atoms with Crippen molar-refractivity contribution < 1.29 is 9.59 Å². The van der Waals surface area contributed by atoms with Crippen LogP contribution in [-0.2, 0) is 16.1 Å². The van der Waals surface area contributed by atoms with Crippen LogP contribution in [0.5, 0.6) is 0 Å². The number of likely N-dealkylation sites (N-methyl/N-ethyl adjacent to an activating group) is 1. The first kappa shape index (κ1) is 16.7. The predicted octanol–water partition coefficient (Wildman–Crippen LogP) is -0.243. The molecule has 1 rings (SSSR count). The summed E-state index contributed by atoms with van der Waals surface area (Å²) in [5, 5.41) is 0. The second kappa shape index (κ2) is 7.47. The second-order valence-electron chi connectivity index (χ2n) is 5.03. The van der Waals surface area contributed by atoms with Crippen LogP contribution in [0.4, 0.5) is 5.69 Å². The Morgan fingerprint density at radius 3 is 2.48 bits per heavy atom. The Morgan fingerprint density at radius 1 is 1.24 bits per heavy atom. The molecule has 2 amide bonds. The van der Waals surface area contributed by atoms with Gasteiger partial charge in [-0.2, -0.15) is 0 Å². The van der Waals surface area contributed by atoms with E-state index in [2.05, 4.69) is 0 Å². The van der Waals surface area contributed by atoms with E-state index in [1.165, 1.54) is 32.7 Å². The molecule has 1 aromatic heterocycles. The number of carbonyl (C=O) groups is 2. The average molecular weight is 294 g/mol. The lowest BCUT2D eigenvalue weighted by molar-refractivity contribution is -0.139. The van der Waals surface area contributed by atoms with E-state index in [0.717, 1.165) is 6.42 Å². The fourth-order valence-corrected chi connectivity index (χ4v) is 1.79. The maximum atomic E-state index is 12.3. The third-order valence-electron chi connectivity index (χ3n) is 2.98. The molecule has 0 radical (unpaired) electrons. The van der Waals surface area contributed by atoms with Crippen LogP contribution in [0.2, 0.25) is 0 Å². The summed E-state index contributed by atoms with van der Waals surface area (Å²) in [4.78, 5) is 38.6. The molecular weight excluding hydrogens is 272 g/mol. The molecule has 1 aromatic rings. The number of rotatable bonds is 6. The number of carbonyl (C=O) groups excluding carboxylic acids is 2. The fourth-order valence-electron chi connectivity index (χ4n) is 1.79. The van der Waals surface area contributed by atoms with Gasteiger partial charge in [-0.3, -0.25) is 14.4 Å². The molecule has 21 heavy (non-hydrogen) atoms. The molecule has 0 spiro atoms. The maximum Gasteiger partial charge on any atom is 0.251 e. The zero-order chi connectivity index (χ0) is 16.0. The molecule has 116 valence electrons. The van der Waals surface area contributed by atoms with Gasteiger partial charge >= 0.3 is 0 Å². The Labute approximate surface area is 123 Å². The van der Waals surface area contributed by atoms with Gasteiger partial charge < -0.3 is 20.1 Å². The molecule has 0 aliphatic rings. The normalized spacial score (nSPS) is 10.2. The van der Waals surface area contributed by atoms with E-state index in [1.807, 2.05) is 6.92 Å². The van der Waals surface area contributed by atoms with Crippen molar-refractivity contribution in [3.8, 4) is 0 Å². The quantitative estimate of drug-likeness (QED) is 0.784. The van der Waals surface area contributed by atoms with Crippen LogP contribution in [0, 0.1) is 0 Å². The highest BCUT2D eigenvalue weighted by molar-refractivity contribution is 5.84. The molecule has 0 fully saturated rings. The van der Waals surface area contributed by atoms with E-state index >= 15 is 0 Å². The van der Waals surface area contributed by atoms with Crippen molar-refractivity contribution in [2.75, 3.05) is 32.9 Å². The van der Waals surface area contributed by atoms with E-state index < -0.39 is 0 Å². The first-order chi connectivity index (χ1) is 9.85. The summed E-state index contributed by atoms with van der Waals surface area (Å²) in [6.45, 7) is 2.28. The Kier molecular flexibility index (Phi) is 5.95. The number of amides is 2. The molecule has 0 atom stereocenters. The van der Waals surface area contributed by atoms with Crippen LogP contribution in [0.1, 0.15) is 13.3 Å². The van der Waals surface area contributed by atoms with E-state index in [4.69, 9.17) is 5.73 Å². The van der Waals surface area contributed by atoms with Gasteiger partial charge in [-0.05, 0) is 12.5 Å². The van der Waals surface area contributed by atoms with Gasteiger partial charge in [-0.15, -0.1) is 0 Å². The number of hydrogen-bond acceptors (Lipinski definition) is 4. The highest BCUT2D eigenvalue weighted by atomic mass is 16.2. The minimum absolute atomic E-state index is 0.0107. The van der Waals surface area contributed by atoms with Crippen molar-refractivity contribution in [3.63, 3.8) is 0 Å². The highest BCUT2D eigenvalue weighted by Crippen LogP contribution is 2.00. The molecule has 0 unspecified atom stereocenters. The molecule has 0 saturated heterocycles. The van der Waals surface area contributed by atoms with Gasteiger partial charge in [0.05, 0.1) is 6.54 Å². The molecular formula is C14H22N4O3. The number of hydrogen-bond donors (Lipinski definition) is 1. The average Bonchev–Trinajstić information content (AvgIpc) is 2.42. The topological polar surface area (TPSA) is 88.6 Å². The number of nitrogens with two attached hydrogens (primary N) is 1. The molecule has 0 aliphatic carbocycles. The Bertz CT molecular complexity index is 566. The van der Waals surface area contributed by atoms with Gasteiger partial charge in [-0.1, -0.05) is 6.92 Å². The summed E-state index contributed by atoms with van der Waals surface area (Å²) in [6.07, 6.45) is 2.16. The summed E-state index contributed by atoms with van der Waals surface area (Å²) in [6, 6.07) is 2.81. The highest BCUT2D eigenvalue weighted by Gasteiger charge is 2.18. The van der Waals surface area contributed by atoms with Crippen molar-refractivity contribution in [1.29, 1.82) is 0 Å². The van der Waals surface area contributed by atoms with Crippen LogP contribution in [0.15, 0.2) is 23.1 Å². The first-order valence-corrected chi connectivity index (χ1v) is 6.79. The maximum absolute atomic E-state index is 12.3.